The Kier molecular flexibility index (Phi) is 7.46. The van der Waals surface area contributed by atoms with Crippen molar-refractivity contribution in [2.45, 2.75) is 0 Å². The number of hydrogen-bond donors (Lipinski definition) is 0. The molecular weight excluding hydrogens is 681 g/mol. The average Bonchev–Trinajstić information content (AvgIpc) is 3.80. The molecule has 3 aromatic heterocycles. The Hall–Kier alpha value is -7.56. The van der Waals surface area contributed by atoms with Gasteiger partial charge in [-0.25, -0.2) is 9.97 Å². The van der Waals surface area contributed by atoms with Crippen LogP contribution in [0.25, 0.3) is 100 Å². The van der Waals surface area contributed by atoms with E-state index in [0.29, 0.717) is 5.95 Å². The van der Waals surface area contributed by atoms with Gasteiger partial charge in [0.2, 0.25) is 5.95 Å². The van der Waals surface area contributed by atoms with E-state index in [1.165, 1.54) is 32.9 Å². The molecule has 0 amide bonds. The molecule has 56 heavy (non-hydrogen) atoms. The van der Waals surface area contributed by atoms with Crippen LogP contribution in [-0.4, -0.2) is 19.1 Å². The van der Waals surface area contributed by atoms with Crippen LogP contribution in [0.1, 0.15) is 0 Å². The van der Waals surface area contributed by atoms with Gasteiger partial charge < -0.3 is 4.57 Å². The summed E-state index contributed by atoms with van der Waals surface area (Å²) in [6, 6.07) is 73.2. The van der Waals surface area contributed by atoms with Crippen molar-refractivity contribution in [1.29, 1.82) is 0 Å². The number of fused-ring (bicyclic) bond motifs is 6. The highest BCUT2D eigenvalue weighted by molar-refractivity contribution is 6.15. The van der Waals surface area contributed by atoms with Crippen LogP contribution in [0, 0.1) is 0 Å². The Morgan fingerprint density at radius 2 is 0.821 bits per heavy atom. The van der Waals surface area contributed by atoms with Crippen molar-refractivity contribution in [1.82, 2.24) is 19.1 Å². The van der Waals surface area contributed by atoms with Crippen LogP contribution in [0.3, 0.4) is 0 Å². The third-order valence-corrected chi connectivity index (χ3v) is 10.9. The summed E-state index contributed by atoms with van der Waals surface area (Å²) >= 11 is 0. The normalized spacial score (nSPS) is 11.6. The number of hydrogen-bond acceptors (Lipinski definition) is 2. The van der Waals surface area contributed by atoms with E-state index in [-0.39, 0.29) is 0 Å². The SMILES string of the molecule is c1ccc(-c2cccc(-n3c4ccccc4c4cc(-c5cccc6c7ccccc7n(-c7nc(-c8ccccc8)cc(-c8ccccc8)n7)c56)ccc43)c2)cc1. The molecule has 0 N–H and O–H groups in total. The summed E-state index contributed by atoms with van der Waals surface area (Å²) in [5.74, 6) is 0.639. The largest absolute Gasteiger partial charge is 0.309 e. The minimum atomic E-state index is 0.639. The van der Waals surface area contributed by atoms with Crippen LogP contribution < -0.4 is 0 Å². The predicted molar refractivity (Wildman–Crippen MR) is 232 cm³/mol. The van der Waals surface area contributed by atoms with Crippen molar-refractivity contribution in [3.8, 4) is 56.4 Å². The number of para-hydroxylation sites is 3. The van der Waals surface area contributed by atoms with E-state index in [1.807, 2.05) is 12.1 Å². The van der Waals surface area contributed by atoms with Gasteiger partial charge >= 0.3 is 0 Å². The van der Waals surface area contributed by atoms with Crippen LogP contribution in [0.5, 0.6) is 0 Å². The topological polar surface area (TPSA) is 35.6 Å². The van der Waals surface area contributed by atoms with E-state index in [1.54, 1.807) is 0 Å². The quantitative estimate of drug-likeness (QED) is 0.172. The molecule has 11 rings (SSSR count). The molecule has 11 aromatic rings. The van der Waals surface area contributed by atoms with E-state index in [0.717, 1.165) is 61.1 Å². The molecule has 0 radical (unpaired) electrons. The van der Waals surface area contributed by atoms with Gasteiger partial charge in [0.05, 0.1) is 33.5 Å². The Morgan fingerprint density at radius 1 is 0.304 bits per heavy atom. The van der Waals surface area contributed by atoms with Crippen molar-refractivity contribution < 1.29 is 0 Å². The van der Waals surface area contributed by atoms with E-state index < -0.39 is 0 Å². The molecule has 0 atom stereocenters. The lowest BCUT2D eigenvalue weighted by Crippen LogP contribution is -2.04. The molecular formula is C52H34N4. The number of aromatic nitrogens is 4. The van der Waals surface area contributed by atoms with E-state index >= 15 is 0 Å². The summed E-state index contributed by atoms with van der Waals surface area (Å²) in [4.78, 5) is 10.6. The Balaban J connectivity index is 1.15. The molecule has 0 saturated carbocycles. The van der Waals surface area contributed by atoms with Crippen molar-refractivity contribution in [2.75, 3.05) is 0 Å². The molecule has 0 saturated heterocycles. The second-order valence-corrected chi connectivity index (χ2v) is 14.2. The summed E-state index contributed by atoms with van der Waals surface area (Å²) in [6.07, 6.45) is 0. The summed E-state index contributed by atoms with van der Waals surface area (Å²) < 4.78 is 4.66. The predicted octanol–water partition coefficient (Wildman–Crippen LogP) is 13.3. The van der Waals surface area contributed by atoms with Crippen molar-refractivity contribution >= 4 is 43.6 Å². The fraction of sp³-hybridized carbons (Fsp3) is 0. The van der Waals surface area contributed by atoms with Crippen LogP contribution in [0.2, 0.25) is 0 Å². The Bertz CT molecular complexity index is 3170. The van der Waals surface area contributed by atoms with Crippen LogP contribution >= 0.6 is 0 Å². The second-order valence-electron chi connectivity index (χ2n) is 14.2. The maximum atomic E-state index is 5.31. The third kappa shape index (κ3) is 5.23. The molecule has 0 unspecified atom stereocenters. The van der Waals surface area contributed by atoms with Gasteiger partial charge in [-0.15, -0.1) is 0 Å². The second kappa shape index (κ2) is 13.1. The minimum Gasteiger partial charge on any atom is -0.309 e. The summed E-state index contributed by atoms with van der Waals surface area (Å²) in [7, 11) is 0. The average molecular weight is 715 g/mol. The lowest BCUT2D eigenvalue weighted by atomic mass is 10.00. The lowest BCUT2D eigenvalue weighted by molar-refractivity contribution is 0.996. The summed E-state index contributed by atoms with van der Waals surface area (Å²) in [5.41, 5.74) is 14.1. The highest BCUT2D eigenvalue weighted by Crippen LogP contribution is 2.41. The molecule has 0 aliphatic carbocycles. The monoisotopic (exact) mass is 714 g/mol. The summed E-state index contributed by atoms with van der Waals surface area (Å²) in [5, 5.41) is 4.74. The van der Waals surface area contributed by atoms with Gasteiger partial charge in [-0.05, 0) is 59.2 Å². The first-order valence-electron chi connectivity index (χ1n) is 19.0. The molecule has 0 fully saturated rings. The maximum absolute atomic E-state index is 5.31. The zero-order valence-electron chi connectivity index (χ0n) is 30.4. The van der Waals surface area contributed by atoms with Gasteiger partial charge in [-0.3, -0.25) is 4.57 Å². The highest BCUT2D eigenvalue weighted by atomic mass is 15.2. The van der Waals surface area contributed by atoms with Gasteiger partial charge in [0, 0.05) is 43.9 Å². The van der Waals surface area contributed by atoms with Crippen molar-refractivity contribution in [3.05, 3.63) is 206 Å². The zero-order valence-corrected chi connectivity index (χ0v) is 30.4. The zero-order chi connectivity index (χ0) is 37.0. The highest BCUT2D eigenvalue weighted by Gasteiger charge is 2.21. The summed E-state index contributed by atoms with van der Waals surface area (Å²) in [6.45, 7) is 0. The molecule has 0 spiro atoms. The molecule has 262 valence electrons. The van der Waals surface area contributed by atoms with Gasteiger partial charge in [0.1, 0.15) is 0 Å². The molecule has 0 aliphatic heterocycles. The van der Waals surface area contributed by atoms with Gasteiger partial charge in [-0.1, -0.05) is 164 Å². The molecule has 8 aromatic carbocycles. The maximum Gasteiger partial charge on any atom is 0.235 e. The van der Waals surface area contributed by atoms with Gasteiger partial charge in [0.25, 0.3) is 0 Å². The van der Waals surface area contributed by atoms with Crippen molar-refractivity contribution in [3.63, 3.8) is 0 Å². The van der Waals surface area contributed by atoms with E-state index in [4.69, 9.17) is 9.97 Å². The number of rotatable bonds is 6. The van der Waals surface area contributed by atoms with E-state index in [9.17, 15) is 0 Å². The molecule has 3 heterocycles. The van der Waals surface area contributed by atoms with Crippen LogP contribution in [-0.2, 0) is 0 Å². The molecule has 0 bridgehead atoms. The molecule has 4 heteroatoms. The molecule has 4 nitrogen and oxygen atoms in total. The first-order chi connectivity index (χ1) is 27.8. The minimum absolute atomic E-state index is 0.639. The first-order valence-corrected chi connectivity index (χ1v) is 19.0. The number of nitrogens with zero attached hydrogens (tertiary/aromatic N) is 4. The third-order valence-electron chi connectivity index (χ3n) is 10.9. The first kappa shape index (κ1) is 31.9. The van der Waals surface area contributed by atoms with Gasteiger partial charge in [0.15, 0.2) is 0 Å². The standard InChI is InChI=1S/C52H34N4/c1-4-16-35(17-5-1)38-22-14-23-40(32-38)55-48-28-12-11-25-43(48)45-33-39(30-31-50(45)55)41-26-15-27-44-42-24-10-13-29-49(42)56(51(41)44)52-53-46(36-18-6-2-7-19-36)34-47(54-52)37-20-8-3-9-21-37/h1-34H. The van der Waals surface area contributed by atoms with Gasteiger partial charge in [-0.2, -0.15) is 0 Å². The van der Waals surface area contributed by atoms with Crippen LogP contribution in [0.15, 0.2) is 206 Å². The smallest absolute Gasteiger partial charge is 0.235 e. The lowest BCUT2D eigenvalue weighted by Gasteiger charge is -2.14. The fourth-order valence-electron chi connectivity index (χ4n) is 8.38. The number of benzene rings is 8. The Labute approximate surface area is 324 Å². The fourth-order valence-corrected chi connectivity index (χ4v) is 8.38. The Morgan fingerprint density at radius 3 is 1.50 bits per heavy atom. The molecule has 0 aliphatic rings. The van der Waals surface area contributed by atoms with Crippen LogP contribution in [0.4, 0.5) is 0 Å². The van der Waals surface area contributed by atoms with E-state index in [2.05, 4.69) is 203 Å². The van der Waals surface area contributed by atoms with Crippen molar-refractivity contribution in [2.24, 2.45) is 0 Å².